The molecule has 1 aliphatic heterocycles. The Morgan fingerprint density at radius 2 is 2.24 bits per heavy atom. The number of fused-ring (bicyclic) bond motifs is 1. The number of carbonyl (C=O) groups is 1. The monoisotopic (exact) mass is 232 g/mol. The van der Waals surface area contributed by atoms with E-state index in [-0.39, 0.29) is 11.9 Å². The molecule has 1 heterocycles. The summed E-state index contributed by atoms with van der Waals surface area (Å²) in [5, 5.41) is 6.27. The van der Waals surface area contributed by atoms with E-state index < -0.39 is 0 Å². The normalized spacial score (nSPS) is 19.9. The summed E-state index contributed by atoms with van der Waals surface area (Å²) in [6, 6.07) is 5.91. The molecule has 0 saturated carbocycles. The second-order valence-electron chi connectivity index (χ2n) is 4.93. The third kappa shape index (κ3) is 2.50. The van der Waals surface area contributed by atoms with Crippen molar-refractivity contribution in [2.45, 2.75) is 33.2 Å². The van der Waals surface area contributed by atoms with Crippen molar-refractivity contribution >= 4 is 11.6 Å². The van der Waals surface area contributed by atoms with Crippen molar-refractivity contribution in [2.75, 3.05) is 11.9 Å². The maximum atomic E-state index is 11.9. The smallest absolute Gasteiger partial charge is 0.246 e. The topological polar surface area (TPSA) is 41.1 Å². The lowest BCUT2D eigenvalue weighted by Crippen LogP contribution is -2.30. The number of carbonyl (C=O) groups excluding carboxylic acids is 1. The van der Waals surface area contributed by atoms with Gasteiger partial charge in [-0.1, -0.05) is 38.0 Å². The van der Waals surface area contributed by atoms with Crippen LogP contribution in [0.2, 0.25) is 0 Å². The molecule has 0 spiro atoms. The molecule has 1 aliphatic rings. The number of nitrogens with one attached hydrogen (secondary N) is 2. The van der Waals surface area contributed by atoms with Gasteiger partial charge in [-0.3, -0.25) is 4.79 Å². The van der Waals surface area contributed by atoms with Crippen LogP contribution in [0.5, 0.6) is 0 Å². The standard InChI is InChI=1S/C14H20N2O/c1-4-9(2)8-15-13-11-7-10(3)5-6-12(11)16-14(13)17/h5-7,9,13,15H,4,8H2,1-3H3,(H,16,17). The van der Waals surface area contributed by atoms with E-state index in [0.29, 0.717) is 5.92 Å². The second kappa shape index (κ2) is 4.88. The van der Waals surface area contributed by atoms with Gasteiger partial charge in [0.2, 0.25) is 5.91 Å². The molecular formula is C14H20N2O. The Balaban J connectivity index is 2.14. The molecule has 0 radical (unpaired) electrons. The van der Waals surface area contributed by atoms with Crippen molar-refractivity contribution in [3.05, 3.63) is 29.3 Å². The Morgan fingerprint density at radius 3 is 2.94 bits per heavy atom. The molecule has 1 aromatic rings. The molecule has 0 saturated heterocycles. The SMILES string of the molecule is CCC(C)CNC1C(=O)Nc2ccc(C)cc21. The van der Waals surface area contributed by atoms with E-state index >= 15 is 0 Å². The highest BCUT2D eigenvalue weighted by molar-refractivity contribution is 6.02. The molecular weight excluding hydrogens is 212 g/mol. The molecule has 1 aromatic carbocycles. The van der Waals surface area contributed by atoms with Gasteiger partial charge in [0, 0.05) is 11.3 Å². The Morgan fingerprint density at radius 1 is 1.47 bits per heavy atom. The van der Waals surface area contributed by atoms with Gasteiger partial charge in [0.1, 0.15) is 6.04 Å². The number of hydrogen-bond donors (Lipinski definition) is 2. The minimum Gasteiger partial charge on any atom is -0.324 e. The van der Waals surface area contributed by atoms with Crippen LogP contribution in [-0.2, 0) is 4.79 Å². The largest absolute Gasteiger partial charge is 0.324 e. The molecule has 17 heavy (non-hydrogen) atoms. The number of rotatable bonds is 4. The van der Waals surface area contributed by atoms with Crippen molar-refractivity contribution in [2.24, 2.45) is 5.92 Å². The van der Waals surface area contributed by atoms with E-state index in [1.165, 1.54) is 5.56 Å². The zero-order chi connectivity index (χ0) is 12.4. The van der Waals surface area contributed by atoms with Gasteiger partial charge in [-0.15, -0.1) is 0 Å². The third-order valence-electron chi connectivity index (χ3n) is 3.41. The molecule has 2 atom stereocenters. The van der Waals surface area contributed by atoms with Crippen LogP contribution in [0, 0.1) is 12.8 Å². The molecule has 3 nitrogen and oxygen atoms in total. The van der Waals surface area contributed by atoms with Gasteiger partial charge in [-0.25, -0.2) is 0 Å². The van der Waals surface area contributed by atoms with Crippen molar-refractivity contribution in [3.8, 4) is 0 Å². The maximum Gasteiger partial charge on any atom is 0.246 e. The summed E-state index contributed by atoms with van der Waals surface area (Å²) in [7, 11) is 0. The van der Waals surface area contributed by atoms with Crippen LogP contribution in [0.15, 0.2) is 18.2 Å². The fourth-order valence-corrected chi connectivity index (χ4v) is 2.05. The van der Waals surface area contributed by atoms with Crippen molar-refractivity contribution in [3.63, 3.8) is 0 Å². The van der Waals surface area contributed by atoms with E-state index in [1.807, 2.05) is 12.1 Å². The predicted molar refractivity (Wildman–Crippen MR) is 70.0 cm³/mol. The van der Waals surface area contributed by atoms with Crippen LogP contribution >= 0.6 is 0 Å². The molecule has 1 amide bonds. The average Bonchev–Trinajstić information content (AvgIpc) is 2.61. The summed E-state index contributed by atoms with van der Waals surface area (Å²) in [4.78, 5) is 11.9. The van der Waals surface area contributed by atoms with Crippen molar-refractivity contribution in [1.29, 1.82) is 0 Å². The third-order valence-corrected chi connectivity index (χ3v) is 3.41. The lowest BCUT2D eigenvalue weighted by atomic mass is 10.0. The number of hydrogen-bond acceptors (Lipinski definition) is 2. The van der Waals surface area contributed by atoms with Gasteiger partial charge in [0.05, 0.1) is 0 Å². The molecule has 0 fully saturated rings. The van der Waals surface area contributed by atoms with Crippen molar-refractivity contribution < 1.29 is 4.79 Å². The minimum atomic E-state index is -0.182. The molecule has 0 aromatic heterocycles. The highest BCUT2D eigenvalue weighted by Crippen LogP contribution is 2.31. The highest BCUT2D eigenvalue weighted by atomic mass is 16.2. The Labute approximate surface area is 103 Å². The van der Waals surface area contributed by atoms with E-state index in [9.17, 15) is 4.79 Å². The van der Waals surface area contributed by atoms with E-state index in [0.717, 1.165) is 24.2 Å². The Bertz CT molecular complexity index is 428. The van der Waals surface area contributed by atoms with Gasteiger partial charge in [-0.2, -0.15) is 0 Å². The van der Waals surface area contributed by atoms with Crippen LogP contribution in [-0.4, -0.2) is 12.5 Å². The molecule has 0 bridgehead atoms. The van der Waals surface area contributed by atoms with Crippen LogP contribution < -0.4 is 10.6 Å². The first-order valence-corrected chi connectivity index (χ1v) is 6.26. The van der Waals surface area contributed by atoms with Gasteiger partial charge in [-0.05, 0) is 25.5 Å². The van der Waals surface area contributed by atoms with Crippen LogP contribution in [0.4, 0.5) is 5.69 Å². The summed E-state index contributed by atoms with van der Waals surface area (Å²) in [6.45, 7) is 7.28. The zero-order valence-corrected chi connectivity index (χ0v) is 10.7. The second-order valence-corrected chi connectivity index (χ2v) is 4.93. The fourth-order valence-electron chi connectivity index (χ4n) is 2.05. The quantitative estimate of drug-likeness (QED) is 0.838. The zero-order valence-electron chi connectivity index (χ0n) is 10.7. The molecule has 3 heteroatoms. The van der Waals surface area contributed by atoms with E-state index in [4.69, 9.17) is 0 Å². The van der Waals surface area contributed by atoms with Gasteiger partial charge < -0.3 is 10.6 Å². The van der Waals surface area contributed by atoms with Crippen LogP contribution in [0.1, 0.15) is 37.4 Å². The molecule has 92 valence electrons. The van der Waals surface area contributed by atoms with Gasteiger partial charge >= 0.3 is 0 Å². The molecule has 2 N–H and O–H groups in total. The first-order chi connectivity index (χ1) is 8.11. The molecule has 2 unspecified atom stereocenters. The van der Waals surface area contributed by atoms with Crippen molar-refractivity contribution in [1.82, 2.24) is 5.32 Å². The molecule has 0 aliphatic carbocycles. The number of anilines is 1. The van der Waals surface area contributed by atoms with Crippen LogP contribution in [0.25, 0.3) is 0 Å². The summed E-state index contributed by atoms with van der Waals surface area (Å²) in [6.07, 6.45) is 1.13. The number of benzene rings is 1. The first kappa shape index (κ1) is 12.1. The lowest BCUT2D eigenvalue weighted by Gasteiger charge is -2.15. The Hall–Kier alpha value is -1.35. The predicted octanol–water partition coefficient (Wildman–Crippen LogP) is 2.62. The maximum absolute atomic E-state index is 11.9. The van der Waals surface area contributed by atoms with Gasteiger partial charge in [0.25, 0.3) is 0 Å². The summed E-state index contributed by atoms with van der Waals surface area (Å²) in [5.41, 5.74) is 3.22. The highest BCUT2D eigenvalue weighted by Gasteiger charge is 2.29. The minimum absolute atomic E-state index is 0.0638. The summed E-state index contributed by atoms with van der Waals surface area (Å²) in [5.74, 6) is 0.658. The van der Waals surface area contributed by atoms with Crippen LogP contribution in [0.3, 0.4) is 0 Å². The lowest BCUT2D eigenvalue weighted by molar-refractivity contribution is -0.117. The van der Waals surface area contributed by atoms with Gasteiger partial charge in [0.15, 0.2) is 0 Å². The fraction of sp³-hybridized carbons (Fsp3) is 0.500. The number of aryl methyl sites for hydroxylation is 1. The average molecular weight is 232 g/mol. The summed E-state index contributed by atoms with van der Waals surface area (Å²) >= 11 is 0. The summed E-state index contributed by atoms with van der Waals surface area (Å²) < 4.78 is 0. The number of amides is 1. The first-order valence-electron chi connectivity index (χ1n) is 6.26. The van der Waals surface area contributed by atoms with E-state index in [2.05, 4.69) is 37.5 Å². The van der Waals surface area contributed by atoms with E-state index in [1.54, 1.807) is 0 Å². The molecule has 2 rings (SSSR count). The Kier molecular flexibility index (Phi) is 3.48.